The molecule has 0 atom stereocenters. The molecule has 7 nitrogen and oxygen atoms in total. The number of aromatic nitrogens is 1. The van der Waals surface area contributed by atoms with Gasteiger partial charge in [0.05, 0.1) is 13.7 Å². The highest BCUT2D eigenvalue weighted by Crippen LogP contribution is 2.34. The van der Waals surface area contributed by atoms with Gasteiger partial charge in [0.2, 0.25) is 0 Å². The van der Waals surface area contributed by atoms with E-state index in [0.29, 0.717) is 18.4 Å². The fourth-order valence-corrected chi connectivity index (χ4v) is 4.72. The molecule has 2 aliphatic rings. The fourth-order valence-electron chi connectivity index (χ4n) is 4.72. The second kappa shape index (κ2) is 7.63. The number of nitrogens with one attached hydrogen (secondary N) is 1. The zero-order chi connectivity index (χ0) is 21.5. The van der Waals surface area contributed by atoms with Crippen LogP contribution in [0.2, 0.25) is 0 Å². The zero-order valence-corrected chi connectivity index (χ0v) is 17.7. The van der Waals surface area contributed by atoms with Gasteiger partial charge in [-0.25, -0.2) is 4.79 Å². The SMILES string of the molecule is COc1ccc(-n2c(C)cc(C(=O)CN3C(=O)NC4(CCCCC4)C3=O)c2C)cc1. The molecule has 2 aromatic rings. The highest BCUT2D eigenvalue weighted by molar-refractivity contribution is 6.11. The van der Waals surface area contributed by atoms with Gasteiger partial charge in [-0.15, -0.1) is 0 Å². The maximum Gasteiger partial charge on any atom is 0.325 e. The Morgan fingerprint density at radius 1 is 1.10 bits per heavy atom. The van der Waals surface area contributed by atoms with Gasteiger partial charge in [-0.2, -0.15) is 0 Å². The summed E-state index contributed by atoms with van der Waals surface area (Å²) in [5, 5.41) is 2.86. The molecular formula is C23H27N3O4. The monoisotopic (exact) mass is 409 g/mol. The van der Waals surface area contributed by atoms with E-state index < -0.39 is 11.6 Å². The maximum atomic E-state index is 13.1. The first kappa shape index (κ1) is 20.2. The lowest BCUT2D eigenvalue weighted by Crippen LogP contribution is -2.48. The smallest absolute Gasteiger partial charge is 0.325 e. The third-order valence-corrected chi connectivity index (χ3v) is 6.32. The standard InChI is InChI=1S/C23H27N3O4/c1-15-13-19(16(2)26(15)17-7-9-18(30-3)10-8-17)20(27)14-25-21(28)23(24-22(25)29)11-5-4-6-12-23/h7-10,13H,4-6,11-12,14H2,1-3H3,(H,24,29). The van der Waals surface area contributed by atoms with E-state index >= 15 is 0 Å². The minimum absolute atomic E-state index is 0.237. The average Bonchev–Trinajstić information content (AvgIpc) is 3.16. The van der Waals surface area contributed by atoms with Crippen LogP contribution >= 0.6 is 0 Å². The molecule has 1 saturated carbocycles. The Morgan fingerprint density at radius 3 is 2.40 bits per heavy atom. The van der Waals surface area contributed by atoms with Crippen molar-refractivity contribution in [2.24, 2.45) is 0 Å². The Labute approximate surface area is 176 Å². The summed E-state index contributed by atoms with van der Waals surface area (Å²) in [5.41, 5.74) is 2.31. The molecule has 4 rings (SSSR count). The second-order valence-electron chi connectivity index (χ2n) is 8.21. The van der Waals surface area contributed by atoms with Crippen molar-refractivity contribution < 1.29 is 19.1 Å². The number of carbonyl (C=O) groups is 3. The number of Topliss-reactive ketones (excluding diaryl/α,β-unsaturated/α-hetero) is 1. The van der Waals surface area contributed by atoms with Crippen molar-refractivity contribution in [2.75, 3.05) is 13.7 Å². The van der Waals surface area contributed by atoms with Crippen LogP contribution in [0, 0.1) is 13.8 Å². The number of hydrogen-bond donors (Lipinski definition) is 1. The topological polar surface area (TPSA) is 80.6 Å². The van der Waals surface area contributed by atoms with Crippen molar-refractivity contribution >= 4 is 17.7 Å². The number of methoxy groups -OCH3 is 1. The molecule has 1 aromatic heterocycles. The number of imide groups is 1. The number of hydrogen-bond acceptors (Lipinski definition) is 4. The first-order valence-electron chi connectivity index (χ1n) is 10.4. The molecule has 7 heteroatoms. The lowest BCUT2D eigenvalue weighted by Gasteiger charge is -2.30. The van der Waals surface area contributed by atoms with Gasteiger partial charge < -0.3 is 14.6 Å². The van der Waals surface area contributed by atoms with Gasteiger partial charge in [0.25, 0.3) is 5.91 Å². The largest absolute Gasteiger partial charge is 0.497 e. The lowest BCUT2D eigenvalue weighted by atomic mass is 9.82. The van der Waals surface area contributed by atoms with Gasteiger partial charge in [-0.1, -0.05) is 19.3 Å². The van der Waals surface area contributed by atoms with Crippen LogP contribution in [0.3, 0.4) is 0 Å². The minimum atomic E-state index is -0.810. The number of carbonyl (C=O) groups excluding carboxylic acids is 3. The van der Waals surface area contributed by atoms with Crippen LogP contribution in [0.5, 0.6) is 5.75 Å². The van der Waals surface area contributed by atoms with Crippen molar-refractivity contribution in [3.05, 3.63) is 47.3 Å². The summed E-state index contributed by atoms with van der Waals surface area (Å²) >= 11 is 0. The van der Waals surface area contributed by atoms with Gasteiger partial charge in [0, 0.05) is 22.6 Å². The number of rotatable bonds is 5. The molecule has 1 aliphatic heterocycles. The summed E-state index contributed by atoms with van der Waals surface area (Å²) < 4.78 is 7.20. The van der Waals surface area contributed by atoms with Gasteiger partial charge in [-0.3, -0.25) is 14.5 Å². The highest BCUT2D eigenvalue weighted by atomic mass is 16.5. The highest BCUT2D eigenvalue weighted by Gasteiger charge is 2.51. The zero-order valence-electron chi connectivity index (χ0n) is 17.7. The molecule has 158 valence electrons. The molecule has 2 heterocycles. The third kappa shape index (κ3) is 3.28. The Morgan fingerprint density at radius 2 is 1.77 bits per heavy atom. The summed E-state index contributed by atoms with van der Waals surface area (Å²) in [6, 6.07) is 8.95. The molecule has 0 bridgehead atoms. The van der Waals surface area contributed by atoms with Crippen molar-refractivity contribution in [1.29, 1.82) is 0 Å². The van der Waals surface area contributed by atoms with Crippen LogP contribution in [0.4, 0.5) is 4.79 Å². The summed E-state index contributed by atoms with van der Waals surface area (Å²) in [4.78, 5) is 39.6. The molecule has 1 saturated heterocycles. The molecule has 1 spiro atoms. The first-order valence-corrected chi connectivity index (χ1v) is 10.4. The Kier molecular flexibility index (Phi) is 5.13. The van der Waals surface area contributed by atoms with Crippen molar-refractivity contribution in [2.45, 2.75) is 51.5 Å². The predicted molar refractivity (Wildman–Crippen MR) is 112 cm³/mol. The lowest BCUT2D eigenvalue weighted by molar-refractivity contribution is -0.132. The van der Waals surface area contributed by atoms with E-state index in [1.165, 1.54) is 0 Å². The number of benzene rings is 1. The van der Waals surface area contributed by atoms with Gasteiger partial charge in [0.1, 0.15) is 11.3 Å². The van der Waals surface area contributed by atoms with Crippen LogP contribution in [0.25, 0.3) is 5.69 Å². The molecule has 1 aliphatic carbocycles. The Balaban J connectivity index is 1.57. The Hall–Kier alpha value is -3.09. The molecular weight excluding hydrogens is 382 g/mol. The van der Waals surface area contributed by atoms with E-state index in [1.807, 2.05) is 48.7 Å². The van der Waals surface area contributed by atoms with Gasteiger partial charge in [-0.05, 0) is 57.0 Å². The fraction of sp³-hybridized carbons (Fsp3) is 0.435. The van der Waals surface area contributed by atoms with Gasteiger partial charge in [0.15, 0.2) is 5.78 Å². The predicted octanol–water partition coefficient (Wildman–Crippen LogP) is 3.54. The van der Waals surface area contributed by atoms with Crippen molar-refractivity contribution in [1.82, 2.24) is 14.8 Å². The van der Waals surface area contributed by atoms with E-state index in [0.717, 1.165) is 47.0 Å². The number of ketones is 1. The molecule has 3 amide bonds. The Bertz CT molecular complexity index is 1000. The third-order valence-electron chi connectivity index (χ3n) is 6.32. The summed E-state index contributed by atoms with van der Waals surface area (Å²) in [7, 11) is 1.62. The summed E-state index contributed by atoms with van der Waals surface area (Å²) in [5.74, 6) is 0.261. The minimum Gasteiger partial charge on any atom is -0.497 e. The van der Waals surface area contributed by atoms with Crippen LogP contribution in [0.15, 0.2) is 30.3 Å². The number of amides is 3. The maximum absolute atomic E-state index is 13.1. The van der Waals surface area contributed by atoms with Crippen LogP contribution < -0.4 is 10.1 Å². The first-order chi connectivity index (χ1) is 14.4. The number of ether oxygens (including phenoxy) is 1. The van der Waals surface area contributed by atoms with E-state index in [2.05, 4.69) is 5.32 Å². The summed E-state index contributed by atoms with van der Waals surface area (Å²) in [6.45, 7) is 3.57. The average molecular weight is 409 g/mol. The normalized spacial score (nSPS) is 18.0. The molecule has 2 fully saturated rings. The van der Waals surface area contributed by atoms with Gasteiger partial charge >= 0.3 is 6.03 Å². The van der Waals surface area contributed by atoms with Crippen molar-refractivity contribution in [3.8, 4) is 11.4 Å². The van der Waals surface area contributed by atoms with E-state index in [1.54, 1.807) is 7.11 Å². The van der Waals surface area contributed by atoms with Crippen LogP contribution in [-0.2, 0) is 4.79 Å². The van der Waals surface area contributed by atoms with E-state index in [9.17, 15) is 14.4 Å². The second-order valence-corrected chi connectivity index (χ2v) is 8.21. The number of nitrogens with zero attached hydrogens (tertiary/aromatic N) is 2. The molecule has 0 radical (unpaired) electrons. The number of urea groups is 1. The van der Waals surface area contributed by atoms with Crippen LogP contribution in [0.1, 0.15) is 53.8 Å². The van der Waals surface area contributed by atoms with E-state index in [4.69, 9.17) is 4.74 Å². The molecule has 1 N–H and O–H groups in total. The quantitative estimate of drug-likeness (QED) is 0.605. The summed E-state index contributed by atoms with van der Waals surface area (Å²) in [6.07, 6.45) is 4.19. The van der Waals surface area contributed by atoms with Crippen molar-refractivity contribution in [3.63, 3.8) is 0 Å². The van der Waals surface area contributed by atoms with E-state index in [-0.39, 0.29) is 18.2 Å². The molecule has 1 aromatic carbocycles. The molecule has 0 unspecified atom stereocenters. The van der Waals surface area contributed by atoms with Crippen LogP contribution in [-0.4, -0.2) is 46.4 Å². The molecule has 30 heavy (non-hydrogen) atoms. The number of aryl methyl sites for hydroxylation is 1.